The first-order chi connectivity index (χ1) is 12.1. The van der Waals surface area contributed by atoms with E-state index < -0.39 is 0 Å². The maximum absolute atomic E-state index is 12.4. The summed E-state index contributed by atoms with van der Waals surface area (Å²) in [5.41, 5.74) is 1.83. The normalized spacial score (nSPS) is 18.6. The number of amides is 3. The Kier molecular flexibility index (Phi) is 6.16. The lowest BCUT2D eigenvalue weighted by molar-refractivity contribution is -0.131. The number of likely N-dealkylation sites (tertiary alicyclic amines) is 1. The fourth-order valence-corrected chi connectivity index (χ4v) is 3.25. The van der Waals surface area contributed by atoms with Gasteiger partial charge in [0.05, 0.1) is 18.7 Å². The van der Waals surface area contributed by atoms with Crippen molar-refractivity contribution in [3.05, 3.63) is 29.3 Å². The molecule has 1 aromatic rings. The number of carbonyl (C=O) groups is 2. The Labute approximate surface area is 156 Å². The van der Waals surface area contributed by atoms with Crippen molar-refractivity contribution < 1.29 is 14.3 Å². The molecule has 6 heteroatoms. The van der Waals surface area contributed by atoms with Gasteiger partial charge in [0.25, 0.3) is 0 Å². The first-order valence-corrected chi connectivity index (χ1v) is 9.22. The molecular formula is C20H31N3O3. The van der Waals surface area contributed by atoms with E-state index in [1.165, 1.54) is 0 Å². The maximum Gasteiger partial charge on any atom is 0.315 e. The zero-order valence-electron chi connectivity index (χ0n) is 16.7. The fourth-order valence-electron chi connectivity index (χ4n) is 3.25. The minimum Gasteiger partial charge on any atom is -0.494 e. The van der Waals surface area contributed by atoms with Crippen LogP contribution in [0.3, 0.4) is 0 Å². The van der Waals surface area contributed by atoms with Crippen molar-refractivity contribution in [2.24, 2.45) is 0 Å². The second-order valence-electron chi connectivity index (χ2n) is 7.89. The molecule has 1 aliphatic rings. The van der Waals surface area contributed by atoms with Crippen LogP contribution in [0, 0.1) is 6.92 Å². The van der Waals surface area contributed by atoms with Crippen molar-refractivity contribution in [1.82, 2.24) is 15.5 Å². The van der Waals surface area contributed by atoms with E-state index in [9.17, 15) is 9.59 Å². The van der Waals surface area contributed by atoms with Gasteiger partial charge in [-0.3, -0.25) is 4.79 Å². The highest BCUT2D eigenvalue weighted by Gasteiger charge is 2.36. The Morgan fingerprint density at radius 2 is 2.08 bits per heavy atom. The van der Waals surface area contributed by atoms with Crippen LogP contribution in [0.15, 0.2) is 18.2 Å². The molecule has 6 nitrogen and oxygen atoms in total. The third-order valence-electron chi connectivity index (χ3n) is 4.55. The molecule has 0 spiro atoms. The molecule has 2 atom stereocenters. The molecular weight excluding hydrogens is 330 g/mol. The van der Waals surface area contributed by atoms with E-state index in [-0.39, 0.29) is 29.6 Å². The van der Waals surface area contributed by atoms with Crippen molar-refractivity contribution in [2.75, 3.05) is 13.2 Å². The summed E-state index contributed by atoms with van der Waals surface area (Å²) in [7, 11) is 0. The average molecular weight is 361 g/mol. The minimum absolute atomic E-state index is 0.0770. The molecule has 1 heterocycles. The molecule has 0 saturated carbocycles. The minimum atomic E-state index is -0.269. The summed E-state index contributed by atoms with van der Waals surface area (Å²) in [6.45, 7) is 13.0. The quantitative estimate of drug-likeness (QED) is 0.846. The molecule has 26 heavy (non-hydrogen) atoms. The Morgan fingerprint density at radius 3 is 2.65 bits per heavy atom. The van der Waals surface area contributed by atoms with Crippen molar-refractivity contribution in [2.45, 2.75) is 65.6 Å². The van der Waals surface area contributed by atoms with Crippen molar-refractivity contribution in [3.63, 3.8) is 0 Å². The lowest BCUT2D eigenvalue weighted by Crippen LogP contribution is -2.47. The molecule has 3 amide bonds. The van der Waals surface area contributed by atoms with E-state index in [2.05, 4.69) is 10.6 Å². The Balaban J connectivity index is 1.98. The van der Waals surface area contributed by atoms with Crippen molar-refractivity contribution in [1.29, 1.82) is 0 Å². The second kappa shape index (κ2) is 7.98. The summed E-state index contributed by atoms with van der Waals surface area (Å²) in [6, 6.07) is 5.31. The van der Waals surface area contributed by atoms with Crippen LogP contribution < -0.4 is 15.4 Å². The summed E-state index contributed by atoms with van der Waals surface area (Å²) in [6.07, 6.45) is 0.341. The summed E-state index contributed by atoms with van der Waals surface area (Å²) in [5.74, 6) is 0.856. The monoisotopic (exact) mass is 361 g/mol. The molecule has 0 aromatic heterocycles. The average Bonchev–Trinajstić information content (AvgIpc) is 2.89. The molecule has 2 unspecified atom stereocenters. The third kappa shape index (κ3) is 4.90. The summed E-state index contributed by atoms with van der Waals surface area (Å²) in [5, 5.41) is 5.88. The number of hydrogen-bond acceptors (Lipinski definition) is 3. The van der Waals surface area contributed by atoms with Gasteiger partial charge in [0.2, 0.25) is 5.91 Å². The van der Waals surface area contributed by atoms with Crippen LogP contribution in [-0.2, 0) is 4.79 Å². The molecule has 1 fully saturated rings. The lowest BCUT2D eigenvalue weighted by Gasteiger charge is -2.32. The number of hydrogen-bond donors (Lipinski definition) is 2. The molecule has 2 N–H and O–H groups in total. The van der Waals surface area contributed by atoms with Crippen molar-refractivity contribution >= 4 is 11.9 Å². The number of urea groups is 1. The van der Waals surface area contributed by atoms with Crippen LogP contribution in [0.4, 0.5) is 4.79 Å². The van der Waals surface area contributed by atoms with Crippen LogP contribution in [0.1, 0.15) is 58.2 Å². The third-order valence-corrected chi connectivity index (χ3v) is 4.55. The number of benzene rings is 1. The summed E-state index contributed by atoms with van der Waals surface area (Å²) in [4.78, 5) is 26.4. The molecule has 0 aliphatic carbocycles. The summed E-state index contributed by atoms with van der Waals surface area (Å²) < 4.78 is 5.67. The Bertz CT molecular complexity index is 667. The van der Waals surface area contributed by atoms with Gasteiger partial charge in [0, 0.05) is 24.1 Å². The molecule has 0 bridgehead atoms. The van der Waals surface area contributed by atoms with E-state index >= 15 is 0 Å². The van der Waals surface area contributed by atoms with Crippen molar-refractivity contribution in [3.8, 4) is 5.75 Å². The van der Waals surface area contributed by atoms with E-state index in [0.717, 1.165) is 16.9 Å². The predicted molar refractivity (Wildman–Crippen MR) is 102 cm³/mol. The van der Waals surface area contributed by atoms with Gasteiger partial charge in [-0.05, 0) is 47.6 Å². The number of nitrogens with zero attached hydrogens (tertiary/aromatic N) is 1. The topological polar surface area (TPSA) is 70.7 Å². The molecule has 0 radical (unpaired) electrons. The second-order valence-corrected chi connectivity index (χ2v) is 7.89. The molecule has 2 rings (SSSR count). The summed E-state index contributed by atoms with van der Waals surface area (Å²) >= 11 is 0. The largest absolute Gasteiger partial charge is 0.494 e. The highest BCUT2D eigenvalue weighted by molar-refractivity contribution is 5.82. The number of rotatable bonds is 5. The van der Waals surface area contributed by atoms with Crippen LogP contribution in [0.5, 0.6) is 5.75 Å². The van der Waals surface area contributed by atoms with Gasteiger partial charge in [-0.1, -0.05) is 17.7 Å². The van der Waals surface area contributed by atoms with Gasteiger partial charge >= 0.3 is 6.03 Å². The molecule has 1 saturated heterocycles. The number of ether oxygens (including phenoxy) is 1. The smallest absolute Gasteiger partial charge is 0.315 e. The fraction of sp³-hybridized carbons (Fsp3) is 0.600. The van der Waals surface area contributed by atoms with Crippen LogP contribution in [0.25, 0.3) is 0 Å². The van der Waals surface area contributed by atoms with Gasteiger partial charge < -0.3 is 20.3 Å². The highest BCUT2D eigenvalue weighted by Crippen LogP contribution is 2.26. The Hall–Kier alpha value is -2.24. The van der Waals surface area contributed by atoms with Gasteiger partial charge in [-0.15, -0.1) is 0 Å². The van der Waals surface area contributed by atoms with Crippen LogP contribution >= 0.6 is 0 Å². The van der Waals surface area contributed by atoms with E-state index in [0.29, 0.717) is 19.6 Å². The molecule has 144 valence electrons. The van der Waals surface area contributed by atoms with E-state index in [4.69, 9.17) is 4.74 Å². The van der Waals surface area contributed by atoms with Gasteiger partial charge in [-0.25, -0.2) is 4.79 Å². The van der Waals surface area contributed by atoms with Gasteiger partial charge in [-0.2, -0.15) is 0 Å². The van der Waals surface area contributed by atoms with Crippen LogP contribution in [-0.4, -0.2) is 41.6 Å². The Morgan fingerprint density at radius 1 is 1.38 bits per heavy atom. The highest BCUT2D eigenvalue weighted by atomic mass is 16.5. The molecule has 1 aliphatic heterocycles. The predicted octanol–water partition coefficient (Wildman–Crippen LogP) is 3.15. The van der Waals surface area contributed by atoms with Crippen LogP contribution in [0.2, 0.25) is 0 Å². The van der Waals surface area contributed by atoms with E-state index in [1.807, 2.05) is 64.6 Å². The standard InChI is InChI=1S/C20H31N3O3/c1-7-26-17-9-8-13(2)10-16(17)14(3)21-19(25)22-15-11-18(24)23(12-15)20(4,5)6/h8-10,14-15H,7,11-12H2,1-6H3,(H2,21,22,25). The zero-order chi connectivity index (χ0) is 19.5. The van der Waals surface area contributed by atoms with Gasteiger partial charge in [0.1, 0.15) is 5.75 Å². The molecule has 1 aromatic carbocycles. The number of nitrogens with one attached hydrogen (secondary N) is 2. The number of aryl methyl sites for hydroxylation is 1. The zero-order valence-corrected chi connectivity index (χ0v) is 16.7. The first-order valence-electron chi connectivity index (χ1n) is 9.22. The van der Waals surface area contributed by atoms with E-state index in [1.54, 1.807) is 0 Å². The first kappa shape index (κ1) is 20.1. The SMILES string of the molecule is CCOc1ccc(C)cc1C(C)NC(=O)NC1CC(=O)N(C(C)(C)C)C1. The lowest BCUT2D eigenvalue weighted by atomic mass is 10.0. The van der Waals surface area contributed by atoms with Gasteiger partial charge in [0.15, 0.2) is 0 Å². The number of carbonyl (C=O) groups excluding carboxylic acids is 2. The maximum atomic E-state index is 12.4.